The fourth-order valence-corrected chi connectivity index (χ4v) is 3.12. The molecule has 0 radical (unpaired) electrons. The van der Waals surface area contributed by atoms with Crippen molar-refractivity contribution in [3.63, 3.8) is 0 Å². The number of ether oxygens (including phenoxy) is 1. The molecule has 0 aliphatic rings. The summed E-state index contributed by atoms with van der Waals surface area (Å²) in [5.74, 6) is 0.478. The van der Waals surface area contributed by atoms with Crippen molar-refractivity contribution in [3.8, 4) is 5.88 Å². The van der Waals surface area contributed by atoms with Gasteiger partial charge in [-0.15, -0.1) is 10.2 Å². The Labute approximate surface area is 153 Å². The summed E-state index contributed by atoms with van der Waals surface area (Å²) in [6.07, 6.45) is 11.2. The summed E-state index contributed by atoms with van der Waals surface area (Å²) >= 11 is 0. The number of aromatic nitrogens is 4. The molecule has 6 nitrogen and oxygen atoms in total. The van der Waals surface area contributed by atoms with Gasteiger partial charge in [-0.05, 0) is 12.5 Å². The zero-order valence-corrected chi connectivity index (χ0v) is 15.4. The Morgan fingerprint density at radius 2 is 1.65 bits per heavy atom. The van der Waals surface area contributed by atoms with Gasteiger partial charge in [0.15, 0.2) is 5.65 Å². The summed E-state index contributed by atoms with van der Waals surface area (Å²) in [7, 11) is 0. The highest BCUT2D eigenvalue weighted by molar-refractivity contribution is 5.96. The van der Waals surface area contributed by atoms with E-state index >= 15 is 0 Å². The molecule has 0 N–H and O–H groups in total. The molecule has 0 amide bonds. The van der Waals surface area contributed by atoms with Crippen LogP contribution in [-0.2, 0) is 0 Å². The summed E-state index contributed by atoms with van der Waals surface area (Å²) in [5.41, 5.74) is 0.144. The van der Waals surface area contributed by atoms with Crippen molar-refractivity contribution in [2.45, 2.75) is 58.3 Å². The van der Waals surface area contributed by atoms with Gasteiger partial charge in [-0.2, -0.15) is 9.61 Å². The molecule has 0 saturated heterocycles. The lowest BCUT2D eigenvalue weighted by Crippen LogP contribution is -2.18. The predicted molar refractivity (Wildman–Crippen MR) is 103 cm³/mol. The third kappa shape index (κ3) is 4.36. The minimum Gasteiger partial charge on any atom is -0.476 e. The summed E-state index contributed by atoms with van der Waals surface area (Å²) in [6, 6.07) is 7.68. The van der Waals surface area contributed by atoms with Gasteiger partial charge >= 0.3 is 0 Å². The van der Waals surface area contributed by atoms with E-state index in [1.807, 2.05) is 24.3 Å². The van der Waals surface area contributed by atoms with Gasteiger partial charge in [0.25, 0.3) is 5.56 Å². The van der Waals surface area contributed by atoms with Gasteiger partial charge in [-0.25, -0.2) is 0 Å². The van der Waals surface area contributed by atoms with Crippen molar-refractivity contribution in [2.75, 3.05) is 6.61 Å². The number of rotatable bonds is 10. The zero-order chi connectivity index (χ0) is 18.2. The first kappa shape index (κ1) is 18.3. The zero-order valence-electron chi connectivity index (χ0n) is 15.4. The second kappa shape index (κ2) is 9.27. The molecule has 0 aliphatic heterocycles. The van der Waals surface area contributed by atoms with E-state index in [4.69, 9.17) is 4.74 Å². The molecule has 26 heavy (non-hydrogen) atoms. The Hall–Kier alpha value is -2.50. The number of hydrogen-bond donors (Lipinski definition) is 0. The lowest BCUT2D eigenvalue weighted by atomic mass is 10.1. The van der Waals surface area contributed by atoms with Crippen molar-refractivity contribution in [3.05, 3.63) is 40.8 Å². The van der Waals surface area contributed by atoms with Crippen LogP contribution in [0.3, 0.4) is 0 Å². The largest absolute Gasteiger partial charge is 0.476 e. The quantitative estimate of drug-likeness (QED) is 0.404. The van der Waals surface area contributed by atoms with E-state index in [9.17, 15) is 4.79 Å². The van der Waals surface area contributed by atoms with Gasteiger partial charge in [0.05, 0.1) is 6.61 Å². The first-order valence-corrected chi connectivity index (χ1v) is 9.57. The molecule has 0 unspecified atom stereocenters. The maximum Gasteiger partial charge on any atom is 0.293 e. The summed E-state index contributed by atoms with van der Waals surface area (Å²) < 4.78 is 7.17. The van der Waals surface area contributed by atoms with Crippen molar-refractivity contribution in [2.24, 2.45) is 0 Å². The van der Waals surface area contributed by atoms with Crippen molar-refractivity contribution < 1.29 is 4.74 Å². The van der Waals surface area contributed by atoms with Gasteiger partial charge in [-0.3, -0.25) is 4.79 Å². The molecule has 2 heterocycles. The highest BCUT2D eigenvalue weighted by atomic mass is 16.5. The second-order valence-electron chi connectivity index (χ2n) is 6.59. The number of benzene rings is 1. The third-order valence-electron chi connectivity index (χ3n) is 4.56. The Morgan fingerprint density at radius 3 is 2.42 bits per heavy atom. The van der Waals surface area contributed by atoms with E-state index in [1.165, 1.54) is 43.0 Å². The van der Waals surface area contributed by atoms with E-state index < -0.39 is 0 Å². The van der Waals surface area contributed by atoms with Crippen LogP contribution in [0.2, 0.25) is 0 Å². The maximum atomic E-state index is 12.0. The molecule has 2 aromatic heterocycles. The lowest BCUT2D eigenvalue weighted by Gasteiger charge is -2.10. The number of fused-ring (bicyclic) bond motifs is 3. The Kier molecular flexibility index (Phi) is 6.52. The van der Waals surface area contributed by atoms with Crippen molar-refractivity contribution in [1.29, 1.82) is 0 Å². The van der Waals surface area contributed by atoms with Crippen molar-refractivity contribution >= 4 is 16.4 Å². The van der Waals surface area contributed by atoms with Crippen LogP contribution in [0.5, 0.6) is 5.88 Å². The van der Waals surface area contributed by atoms with E-state index in [1.54, 1.807) is 0 Å². The average Bonchev–Trinajstić information content (AvgIpc) is 2.67. The highest BCUT2D eigenvalue weighted by Gasteiger charge is 2.11. The van der Waals surface area contributed by atoms with E-state index in [-0.39, 0.29) is 5.56 Å². The van der Waals surface area contributed by atoms with E-state index in [2.05, 4.69) is 22.2 Å². The molecular formula is C20H26N4O2. The molecule has 0 atom stereocenters. The molecule has 3 aromatic rings. The van der Waals surface area contributed by atoms with Gasteiger partial charge in [-0.1, -0.05) is 70.1 Å². The number of nitrogens with zero attached hydrogens (tertiary/aromatic N) is 4. The van der Waals surface area contributed by atoms with Crippen LogP contribution in [0.4, 0.5) is 0 Å². The number of hydrogen-bond acceptors (Lipinski definition) is 5. The van der Waals surface area contributed by atoms with Crippen LogP contribution in [0, 0.1) is 0 Å². The second-order valence-corrected chi connectivity index (χ2v) is 6.59. The van der Waals surface area contributed by atoms with Gasteiger partial charge in [0.1, 0.15) is 6.20 Å². The Bertz CT molecular complexity index is 907. The monoisotopic (exact) mass is 354 g/mol. The molecule has 0 fully saturated rings. The normalized spacial score (nSPS) is 11.3. The van der Waals surface area contributed by atoms with Crippen LogP contribution < -0.4 is 10.3 Å². The molecule has 3 rings (SSSR count). The van der Waals surface area contributed by atoms with Crippen LogP contribution in [0.1, 0.15) is 58.3 Å². The predicted octanol–water partition coefficient (Wildman–Crippen LogP) is 4.16. The Morgan fingerprint density at radius 1 is 0.962 bits per heavy atom. The topological polar surface area (TPSA) is 69.4 Å². The number of unbranched alkanes of at least 4 members (excludes halogenated alkanes) is 7. The molecule has 0 spiro atoms. The van der Waals surface area contributed by atoms with Crippen LogP contribution in [-0.4, -0.2) is 26.4 Å². The highest BCUT2D eigenvalue weighted by Crippen LogP contribution is 2.25. The van der Waals surface area contributed by atoms with Gasteiger partial charge < -0.3 is 4.74 Å². The summed E-state index contributed by atoms with van der Waals surface area (Å²) in [5, 5.41) is 13.8. The lowest BCUT2D eigenvalue weighted by molar-refractivity contribution is 0.292. The molecular weight excluding hydrogens is 328 g/mol. The van der Waals surface area contributed by atoms with Gasteiger partial charge in [0, 0.05) is 10.8 Å². The van der Waals surface area contributed by atoms with Gasteiger partial charge in [0.2, 0.25) is 5.88 Å². The first-order chi connectivity index (χ1) is 12.8. The van der Waals surface area contributed by atoms with Crippen LogP contribution >= 0.6 is 0 Å². The summed E-state index contributed by atoms with van der Waals surface area (Å²) in [4.78, 5) is 12.0. The SMILES string of the molecule is CCCCCCCCCCOc1nn2c(=O)cnnc2c2ccccc12. The first-order valence-electron chi connectivity index (χ1n) is 9.57. The molecule has 6 heteroatoms. The molecule has 0 bridgehead atoms. The van der Waals surface area contributed by atoms with Crippen LogP contribution in [0.25, 0.3) is 16.4 Å². The average molecular weight is 354 g/mol. The standard InChI is InChI=1S/C20H26N4O2/c1-2-3-4-5-6-7-8-11-14-26-20-17-13-10-9-12-16(17)19-22-21-15-18(25)24(19)23-20/h9-10,12-13,15H,2-8,11,14H2,1H3. The molecule has 0 saturated carbocycles. The fourth-order valence-electron chi connectivity index (χ4n) is 3.12. The Balaban J connectivity index is 1.62. The minimum atomic E-state index is -0.308. The third-order valence-corrected chi connectivity index (χ3v) is 4.56. The molecule has 0 aliphatic carbocycles. The smallest absolute Gasteiger partial charge is 0.293 e. The van der Waals surface area contributed by atoms with E-state index in [0.29, 0.717) is 18.1 Å². The van der Waals surface area contributed by atoms with Crippen molar-refractivity contribution in [1.82, 2.24) is 19.8 Å². The minimum absolute atomic E-state index is 0.308. The summed E-state index contributed by atoms with van der Waals surface area (Å²) in [6.45, 7) is 2.84. The molecule has 1 aromatic carbocycles. The van der Waals surface area contributed by atoms with Crippen LogP contribution in [0.15, 0.2) is 35.3 Å². The maximum absolute atomic E-state index is 12.0. The van der Waals surface area contributed by atoms with E-state index in [0.717, 1.165) is 29.8 Å². The fraction of sp³-hybridized carbons (Fsp3) is 0.500. The molecule has 138 valence electrons.